The SMILES string of the molecule is CCCNC(=O)[C@@H](C)N(Cc1cccc(Cl)c1)C(=O)CCCN(c1ccccc1)S(C)(=O)=O. The average Bonchev–Trinajstić information content (AvgIpc) is 2.77. The number of para-hydroxylation sites is 1. The zero-order chi connectivity index (χ0) is 24.4. The van der Waals surface area contributed by atoms with Crippen molar-refractivity contribution in [3.8, 4) is 0 Å². The summed E-state index contributed by atoms with van der Waals surface area (Å²) in [4.78, 5) is 27.3. The van der Waals surface area contributed by atoms with E-state index in [1.807, 2.05) is 19.1 Å². The van der Waals surface area contributed by atoms with Gasteiger partial charge >= 0.3 is 0 Å². The lowest BCUT2D eigenvalue weighted by atomic mass is 10.1. The van der Waals surface area contributed by atoms with E-state index in [9.17, 15) is 18.0 Å². The topological polar surface area (TPSA) is 86.8 Å². The molecule has 9 heteroatoms. The minimum atomic E-state index is -3.50. The van der Waals surface area contributed by atoms with E-state index in [1.165, 1.54) is 9.21 Å². The Kier molecular flexibility index (Phi) is 10.2. The molecule has 0 heterocycles. The van der Waals surface area contributed by atoms with Crippen LogP contribution in [0.2, 0.25) is 5.02 Å². The van der Waals surface area contributed by atoms with Gasteiger partial charge in [0.05, 0.1) is 11.9 Å². The third-order valence-corrected chi connectivity index (χ3v) is 6.58. The maximum atomic E-state index is 13.2. The summed E-state index contributed by atoms with van der Waals surface area (Å²) < 4.78 is 25.8. The number of benzene rings is 2. The number of carbonyl (C=O) groups excluding carboxylic acids is 2. The van der Waals surface area contributed by atoms with Crippen molar-refractivity contribution in [1.82, 2.24) is 10.2 Å². The molecule has 2 aromatic carbocycles. The summed E-state index contributed by atoms with van der Waals surface area (Å²) in [7, 11) is -3.50. The zero-order valence-electron chi connectivity index (χ0n) is 19.3. The average molecular weight is 494 g/mol. The van der Waals surface area contributed by atoms with Gasteiger partial charge in [0.2, 0.25) is 21.8 Å². The number of sulfonamides is 1. The largest absolute Gasteiger partial charge is 0.354 e. The summed E-state index contributed by atoms with van der Waals surface area (Å²) in [5.74, 6) is -0.454. The molecule has 7 nitrogen and oxygen atoms in total. The van der Waals surface area contributed by atoms with Gasteiger partial charge in [-0.05, 0) is 49.6 Å². The maximum absolute atomic E-state index is 13.2. The van der Waals surface area contributed by atoms with Crippen molar-refractivity contribution < 1.29 is 18.0 Å². The Balaban J connectivity index is 2.13. The van der Waals surface area contributed by atoms with Gasteiger partial charge in [-0.25, -0.2) is 8.42 Å². The van der Waals surface area contributed by atoms with Crippen molar-refractivity contribution in [3.63, 3.8) is 0 Å². The van der Waals surface area contributed by atoms with Crippen molar-refractivity contribution in [2.45, 2.75) is 45.7 Å². The fraction of sp³-hybridized carbons (Fsp3) is 0.417. The predicted molar refractivity (Wildman–Crippen MR) is 133 cm³/mol. The molecule has 2 rings (SSSR count). The molecule has 0 unspecified atom stereocenters. The van der Waals surface area contributed by atoms with Gasteiger partial charge in [0.25, 0.3) is 0 Å². The number of hydrogen-bond donors (Lipinski definition) is 1. The molecule has 0 spiro atoms. The second-order valence-electron chi connectivity index (χ2n) is 7.89. The highest BCUT2D eigenvalue weighted by molar-refractivity contribution is 7.92. The van der Waals surface area contributed by atoms with Gasteiger partial charge < -0.3 is 10.2 Å². The maximum Gasteiger partial charge on any atom is 0.242 e. The van der Waals surface area contributed by atoms with Crippen molar-refractivity contribution in [2.75, 3.05) is 23.7 Å². The van der Waals surface area contributed by atoms with Crippen molar-refractivity contribution >= 4 is 39.1 Å². The van der Waals surface area contributed by atoms with E-state index in [-0.39, 0.29) is 31.3 Å². The van der Waals surface area contributed by atoms with Crippen LogP contribution in [0.25, 0.3) is 0 Å². The minimum Gasteiger partial charge on any atom is -0.354 e. The van der Waals surface area contributed by atoms with E-state index in [0.717, 1.165) is 18.2 Å². The molecular formula is C24H32ClN3O4S. The van der Waals surface area contributed by atoms with E-state index < -0.39 is 16.1 Å². The number of hydrogen-bond acceptors (Lipinski definition) is 4. The Bertz CT molecular complexity index is 1030. The Morgan fingerprint density at radius 1 is 1.09 bits per heavy atom. The van der Waals surface area contributed by atoms with E-state index in [4.69, 9.17) is 11.6 Å². The molecule has 0 fully saturated rings. The number of nitrogens with zero attached hydrogens (tertiary/aromatic N) is 2. The van der Waals surface area contributed by atoms with Crippen LogP contribution in [0, 0.1) is 0 Å². The van der Waals surface area contributed by atoms with Crippen LogP contribution < -0.4 is 9.62 Å². The molecule has 0 aliphatic carbocycles. The molecule has 2 amide bonds. The second kappa shape index (κ2) is 12.6. The number of rotatable bonds is 12. The normalized spacial score (nSPS) is 12.1. The summed E-state index contributed by atoms with van der Waals surface area (Å²) >= 11 is 6.09. The van der Waals surface area contributed by atoms with Gasteiger partial charge in [0.15, 0.2) is 0 Å². The molecule has 0 saturated carbocycles. The smallest absolute Gasteiger partial charge is 0.242 e. The van der Waals surface area contributed by atoms with Crippen LogP contribution in [0.1, 0.15) is 38.7 Å². The van der Waals surface area contributed by atoms with Crippen LogP contribution in [0.5, 0.6) is 0 Å². The Hall–Kier alpha value is -2.58. The van der Waals surface area contributed by atoms with E-state index in [1.54, 1.807) is 49.4 Å². The first-order valence-corrected chi connectivity index (χ1v) is 13.2. The highest BCUT2D eigenvalue weighted by Gasteiger charge is 2.26. The first-order chi connectivity index (χ1) is 15.6. The van der Waals surface area contributed by atoms with E-state index in [2.05, 4.69) is 5.32 Å². The first kappa shape index (κ1) is 26.7. The number of halogens is 1. The molecule has 2 aromatic rings. The van der Waals surface area contributed by atoms with Crippen molar-refractivity contribution in [2.24, 2.45) is 0 Å². The summed E-state index contributed by atoms with van der Waals surface area (Å²) in [5.41, 5.74) is 1.36. The molecule has 0 aliphatic heterocycles. The molecule has 1 N–H and O–H groups in total. The highest BCUT2D eigenvalue weighted by Crippen LogP contribution is 2.19. The standard InChI is InChI=1S/C24H32ClN3O4S/c1-4-15-26-24(30)19(2)27(18-20-10-8-11-21(25)17-20)23(29)14-9-16-28(33(3,31)32)22-12-6-5-7-13-22/h5-8,10-13,17,19H,4,9,14-16,18H2,1-3H3,(H,26,30)/t19-/m1/s1. The van der Waals surface area contributed by atoms with Gasteiger partial charge in [0.1, 0.15) is 6.04 Å². The summed E-state index contributed by atoms with van der Waals surface area (Å²) in [6.07, 6.45) is 2.36. The number of nitrogens with one attached hydrogen (secondary N) is 1. The van der Waals surface area contributed by atoms with Crippen LogP contribution >= 0.6 is 11.6 Å². The lowest BCUT2D eigenvalue weighted by Gasteiger charge is -2.29. The first-order valence-electron chi connectivity index (χ1n) is 11.0. The highest BCUT2D eigenvalue weighted by atomic mass is 35.5. The summed E-state index contributed by atoms with van der Waals surface area (Å²) in [6.45, 7) is 4.58. The van der Waals surface area contributed by atoms with E-state index >= 15 is 0 Å². The van der Waals surface area contributed by atoms with Crippen LogP contribution in [-0.4, -0.2) is 50.5 Å². The van der Waals surface area contributed by atoms with Crippen LogP contribution in [0.4, 0.5) is 5.69 Å². The molecule has 1 atom stereocenters. The quantitative estimate of drug-likeness (QED) is 0.486. The molecule has 0 aromatic heterocycles. The number of anilines is 1. The minimum absolute atomic E-state index is 0.102. The Morgan fingerprint density at radius 2 is 1.79 bits per heavy atom. The Labute approximate surface area is 201 Å². The molecule has 180 valence electrons. The van der Waals surface area contributed by atoms with Gasteiger partial charge in [-0.2, -0.15) is 0 Å². The lowest BCUT2D eigenvalue weighted by molar-refractivity contribution is -0.140. The lowest BCUT2D eigenvalue weighted by Crippen LogP contribution is -2.47. The Morgan fingerprint density at radius 3 is 2.39 bits per heavy atom. The zero-order valence-corrected chi connectivity index (χ0v) is 20.9. The fourth-order valence-electron chi connectivity index (χ4n) is 3.41. The molecule has 0 bridgehead atoms. The van der Waals surface area contributed by atoms with Gasteiger partial charge in [-0.15, -0.1) is 0 Å². The third-order valence-electron chi connectivity index (χ3n) is 5.15. The summed E-state index contributed by atoms with van der Waals surface area (Å²) in [6, 6.07) is 15.3. The molecular weight excluding hydrogens is 462 g/mol. The number of carbonyl (C=O) groups is 2. The second-order valence-corrected chi connectivity index (χ2v) is 10.2. The van der Waals surface area contributed by atoms with Gasteiger partial charge in [0, 0.05) is 31.1 Å². The molecule has 0 saturated heterocycles. The van der Waals surface area contributed by atoms with Crippen LogP contribution in [-0.2, 0) is 26.2 Å². The third kappa shape index (κ3) is 8.37. The summed E-state index contributed by atoms with van der Waals surface area (Å²) in [5, 5.41) is 3.38. The van der Waals surface area contributed by atoms with E-state index in [0.29, 0.717) is 23.7 Å². The fourth-order valence-corrected chi connectivity index (χ4v) is 4.59. The predicted octanol–water partition coefficient (Wildman–Crippen LogP) is 3.83. The van der Waals surface area contributed by atoms with Crippen molar-refractivity contribution in [1.29, 1.82) is 0 Å². The molecule has 0 radical (unpaired) electrons. The molecule has 0 aliphatic rings. The van der Waals surface area contributed by atoms with Crippen LogP contribution in [0.15, 0.2) is 54.6 Å². The molecule has 33 heavy (non-hydrogen) atoms. The van der Waals surface area contributed by atoms with Crippen LogP contribution in [0.3, 0.4) is 0 Å². The van der Waals surface area contributed by atoms with Crippen molar-refractivity contribution in [3.05, 3.63) is 65.2 Å². The van der Waals surface area contributed by atoms with Gasteiger partial charge in [-0.1, -0.05) is 48.9 Å². The number of amides is 2. The monoisotopic (exact) mass is 493 g/mol. The van der Waals surface area contributed by atoms with Gasteiger partial charge in [-0.3, -0.25) is 13.9 Å².